The molecule has 1 aliphatic carbocycles. The van der Waals surface area contributed by atoms with Crippen LogP contribution in [-0.4, -0.2) is 68.6 Å². The second kappa shape index (κ2) is 8.65. The zero-order valence-corrected chi connectivity index (χ0v) is 13.8. The second-order valence-corrected chi connectivity index (χ2v) is 6.39. The fourth-order valence-electron chi connectivity index (χ4n) is 2.39. The third kappa shape index (κ3) is 4.67. The molecule has 129 valence electrons. The normalized spacial score (nSPS) is 27.3. The first-order valence-corrected chi connectivity index (χ1v) is 8.58. The first kappa shape index (κ1) is 18.2. The van der Waals surface area contributed by atoms with Gasteiger partial charge in [-0.15, -0.1) is 0 Å². The summed E-state index contributed by atoms with van der Waals surface area (Å²) in [7, 11) is 0. The number of aliphatic hydroxyl groups is 3. The number of nitrogens with one attached hydrogen (secondary N) is 1. The Kier molecular flexibility index (Phi) is 6.85. The van der Waals surface area contributed by atoms with Gasteiger partial charge in [0, 0.05) is 5.75 Å². The van der Waals surface area contributed by atoms with Gasteiger partial charge >= 0.3 is 0 Å². The molecular formula is C14H23N4O4S. The van der Waals surface area contributed by atoms with E-state index in [2.05, 4.69) is 28.4 Å². The Morgan fingerprint density at radius 2 is 2.22 bits per heavy atom. The van der Waals surface area contributed by atoms with Crippen LogP contribution in [0.25, 0.3) is 0 Å². The molecule has 9 heteroatoms. The maximum Gasteiger partial charge on any atom is 0.190 e. The van der Waals surface area contributed by atoms with Crippen molar-refractivity contribution in [3.63, 3.8) is 0 Å². The average molecular weight is 343 g/mol. The number of aromatic nitrogens is 2. The molecule has 0 bridgehead atoms. The van der Waals surface area contributed by atoms with E-state index in [4.69, 9.17) is 15.6 Å². The summed E-state index contributed by atoms with van der Waals surface area (Å²) >= 11 is 1.50. The van der Waals surface area contributed by atoms with Crippen molar-refractivity contribution < 1.29 is 20.1 Å². The zero-order valence-electron chi connectivity index (χ0n) is 13.0. The van der Waals surface area contributed by atoms with Crippen LogP contribution in [0.4, 0.5) is 11.5 Å². The number of nitrogens with zero attached hydrogens (tertiary/aromatic N) is 2. The van der Waals surface area contributed by atoms with Crippen molar-refractivity contribution in [2.75, 3.05) is 30.0 Å². The Morgan fingerprint density at radius 1 is 1.43 bits per heavy atom. The Morgan fingerprint density at radius 3 is 2.91 bits per heavy atom. The number of rotatable bonds is 8. The molecule has 0 unspecified atom stereocenters. The summed E-state index contributed by atoms with van der Waals surface area (Å²) < 4.78 is 5.33. The molecule has 6 N–H and O–H groups in total. The molecule has 4 atom stereocenters. The van der Waals surface area contributed by atoms with Crippen LogP contribution in [-0.2, 0) is 4.74 Å². The van der Waals surface area contributed by atoms with Gasteiger partial charge in [-0.05, 0) is 12.8 Å². The predicted molar refractivity (Wildman–Crippen MR) is 87.2 cm³/mol. The van der Waals surface area contributed by atoms with Crippen molar-refractivity contribution >= 4 is 23.3 Å². The molecule has 1 aromatic heterocycles. The molecule has 1 aromatic rings. The van der Waals surface area contributed by atoms with Crippen LogP contribution in [0, 0.1) is 6.20 Å². The van der Waals surface area contributed by atoms with Gasteiger partial charge in [-0.25, -0.2) is 9.97 Å². The molecule has 0 aromatic carbocycles. The van der Waals surface area contributed by atoms with E-state index >= 15 is 0 Å². The maximum atomic E-state index is 10.1. The molecule has 0 saturated heterocycles. The van der Waals surface area contributed by atoms with E-state index in [-0.39, 0.29) is 18.9 Å². The minimum Gasteiger partial charge on any atom is -0.394 e. The zero-order chi connectivity index (χ0) is 16.8. The van der Waals surface area contributed by atoms with Gasteiger partial charge in [0.2, 0.25) is 0 Å². The fraction of sp³-hybridized carbons (Fsp3) is 0.714. The lowest BCUT2D eigenvalue weighted by Crippen LogP contribution is -2.36. The number of aliphatic hydroxyl groups excluding tert-OH is 3. The van der Waals surface area contributed by atoms with Gasteiger partial charge in [0.1, 0.15) is 24.1 Å². The van der Waals surface area contributed by atoms with Gasteiger partial charge < -0.3 is 31.1 Å². The van der Waals surface area contributed by atoms with Crippen LogP contribution < -0.4 is 11.1 Å². The summed E-state index contributed by atoms with van der Waals surface area (Å²) in [5.74, 6) is 1.27. The van der Waals surface area contributed by atoms with Gasteiger partial charge in [-0.3, -0.25) is 0 Å². The molecular weight excluding hydrogens is 320 g/mol. The highest BCUT2D eigenvalue weighted by molar-refractivity contribution is 7.99. The molecule has 2 rings (SSSR count). The maximum absolute atomic E-state index is 10.1. The topological polar surface area (TPSA) is 134 Å². The summed E-state index contributed by atoms with van der Waals surface area (Å²) in [6.45, 7) is 2.04. The third-order valence-electron chi connectivity index (χ3n) is 3.54. The number of thioether (sulfide) groups is 1. The summed E-state index contributed by atoms with van der Waals surface area (Å²) in [5, 5.41) is 32.5. The van der Waals surface area contributed by atoms with Gasteiger partial charge in [0.05, 0.1) is 25.4 Å². The van der Waals surface area contributed by atoms with E-state index in [1.54, 1.807) is 0 Å². The third-order valence-corrected chi connectivity index (χ3v) is 4.60. The quantitative estimate of drug-likeness (QED) is 0.317. The van der Waals surface area contributed by atoms with E-state index in [1.807, 2.05) is 0 Å². The number of anilines is 2. The van der Waals surface area contributed by atoms with E-state index in [0.717, 1.165) is 12.2 Å². The molecule has 23 heavy (non-hydrogen) atoms. The van der Waals surface area contributed by atoms with Gasteiger partial charge in [-0.1, -0.05) is 18.7 Å². The van der Waals surface area contributed by atoms with E-state index in [9.17, 15) is 10.2 Å². The van der Waals surface area contributed by atoms with Crippen LogP contribution in [0.2, 0.25) is 0 Å². The Bertz CT molecular complexity index is 508. The number of nitrogens with two attached hydrogens (primary N) is 1. The van der Waals surface area contributed by atoms with Crippen LogP contribution >= 0.6 is 11.8 Å². The van der Waals surface area contributed by atoms with Crippen molar-refractivity contribution in [1.82, 2.24) is 9.97 Å². The van der Waals surface area contributed by atoms with Crippen molar-refractivity contribution in [1.29, 1.82) is 0 Å². The largest absolute Gasteiger partial charge is 0.394 e. The highest BCUT2D eigenvalue weighted by Gasteiger charge is 2.42. The summed E-state index contributed by atoms with van der Waals surface area (Å²) in [4.78, 5) is 8.37. The molecule has 0 spiro atoms. The minimum atomic E-state index is -1.03. The van der Waals surface area contributed by atoms with Crippen molar-refractivity contribution in [3.8, 4) is 0 Å². The van der Waals surface area contributed by atoms with Crippen LogP contribution in [0.15, 0.2) is 5.16 Å². The number of hydrogen-bond acceptors (Lipinski definition) is 9. The first-order valence-electron chi connectivity index (χ1n) is 7.60. The minimum absolute atomic E-state index is 0.113. The lowest BCUT2D eigenvalue weighted by atomic mass is 10.2. The number of nitrogen functional groups attached to an aromatic ring is 1. The summed E-state index contributed by atoms with van der Waals surface area (Å²) in [6.07, 6.45) is 1.49. The number of hydrogen-bond donors (Lipinski definition) is 5. The summed E-state index contributed by atoms with van der Waals surface area (Å²) in [6, 6.07) is -0.455. The van der Waals surface area contributed by atoms with Gasteiger partial charge in [0.25, 0.3) is 0 Å². The smallest absolute Gasteiger partial charge is 0.190 e. The lowest BCUT2D eigenvalue weighted by Gasteiger charge is -2.19. The van der Waals surface area contributed by atoms with Crippen LogP contribution in [0.1, 0.15) is 19.8 Å². The lowest BCUT2D eigenvalue weighted by molar-refractivity contribution is -0.0612. The average Bonchev–Trinajstić information content (AvgIpc) is 2.81. The van der Waals surface area contributed by atoms with Crippen molar-refractivity contribution in [2.24, 2.45) is 0 Å². The van der Waals surface area contributed by atoms with Crippen LogP contribution in [0.5, 0.6) is 0 Å². The molecule has 0 aliphatic heterocycles. The number of ether oxygens (including phenoxy) is 1. The Balaban J connectivity index is 2.03. The monoisotopic (exact) mass is 343 g/mol. The standard InChI is InChI=1S/C14H23N4O4S/c1-2-5-23-14-16-7-8(15)13(18-14)17-9-6-10(22-4-3-19)12(21)11(9)20/h9-12,19-21H,2-6,15H2,1H3,(H,16,17,18)/t9-,10+,11+,12-/m1/s1. The molecule has 1 heterocycles. The molecule has 1 radical (unpaired) electrons. The molecule has 1 saturated carbocycles. The summed E-state index contributed by atoms with van der Waals surface area (Å²) in [5.41, 5.74) is 6.09. The first-order chi connectivity index (χ1) is 11.1. The highest BCUT2D eigenvalue weighted by atomic mass is 32.2. The Hall–Kier alpha value is -1.13. The Labute approximate surface area is 139 Å². The predicted octanol–water partition coefficient (Wildman–Crippen LogP) is -0.355. The second-order valence-electron chi connectivity index (χ2n) is 5.33. The van der Waals surface area contributed by atoms with E-state index < -0.39 is 24.4 Å². The fourth-order valence-corrected chi connectivity index (χ4v) is 3.04. The van der Waals surface area contributed by atoms with E-state index in [0.29, 0.717) is 17.4 Å². The molecule has 1 fully saturated rings. The van der Waals surface area contributed by atoms with Gasteiger partial charge in [-0.2, -0.15) is 0 Å². The van der Waals surface area contributed by atoms with Crippen LogP contribution in [0.3, 0.4) is 0 Å². The van der Waals surface area contributed by atoms with Crippen molar-refractivity contribution in [2.45, 2.75) is 49.3 Å². The molecule has 0 amide bonds. The molecule has 1 aliphatic rings. The molecule has 8 nitrogen and oxygen atoms in total. The van der Waals surface area contributed by atoms with E-state index in [1.165, 1.54) is 11.8 Å². The highest BCUT2D eigenvalue weighted by Crippen LogP contribution is 2.28. The SMILES string of the molecule is CCCSc1n[c]c(N)c(N[C@@H]2C[C@H](OCCO)[C@@H](O)[C@H]2O)n1. The van der Waals surface area contributed by atoms with Gasteiger partial charge in [0.15, 0.2) is 11.0 Å². The van der Waals surface area contributed by atoms with Crippen molar-refractivity contribution in [3.05, 3.63) is 6.20 Å².